The van der Waals surface area contributed by atoms with Crippen molar-refractivity contribution < 1.29 is 78.7 Å². The highest BCUT2D eigenvalue weighted by molar-refractivity contribution is 4.90. The Labute approximate surface area is 229 Å². The predicted molar refractivity (Wildman–Crippen MR) is 125 cm³/mol. The van der Waals surface area contributed by atoms with Crippen molar-refractivity contribution in [1.29, 1.82) is 0 Å². The third kappa shape index (κ3) is 6.47. The molecule has 8 saturated heterocycles. The number of rotatable bonds is 0. The van der Waals surface area contributed by atoms with E-state index in [1.807, 2.05) is 0 Å². The van der Waals surface area contributed by atoms with Gasteiger partial charge in [-0.2, -0.15) is 0 Å². The number of ether oxygens (including phenoxy) is 8. The molecule has 8 aliphatic heterocycles. The third-order valence-electron chi connectivity index (χ3n) is 8.26. The molecule has 16 heteroatoms. The molecule has 0 aliphatic carbocycles. The standard InChI is InChI=1S/4C6H10O4/c4*7-3-1-9-6-5(3)4(8)2-10-6/h4*3-8H,1-2H2/t2*3-,4+,5?,6?;2*3-,4-,5?,6?/m..10/s1. The summed E-state index contributed by atoms with van der Waals surface area (Å²) in [6.45, 7) is 2.27. The Morgan fingerprint density at radius 3 is 0.475 bits per heavy atom. The number of hydrogen-bond donors (Lipinski definition) is 8. The molecule has 0 radical (unpaired) electrons. The Morgan fingerprint density at radius 2 is 0.375 bits per heavy atom. The molecule has 8 heterocycles. The van der Waals surface area contributed by atoms with Crippen LogP contribution in [-0.2, 0) is 37.9 Å². The van der Waals surface area contributed by atoms with Crippen molar-refractivity contribution in [1.82, 2.24) is 0 Å². The molecule has 0 bridgehead atoms. The van der Waals surface area contributed by atoms with E-state index in [-0.39, 0.29) is 102 Å². The smallest absolute Gasteiger partial charge is 0.165 e. The van der Waals surface area contributed by atoms with Gasteiger partial charge in [-0.05, 0) is 0 Å². The minimum Gasteiger partial charge on any atom is -0.390 e. The van der Waals surface area contributed by atoms with Crippen molar-refractivity contribution in [2.45, 2.75) is 74.0 Å². The number of fused-ring (bicyclic) bond motifs is 4. The van der Waals surface area contributed by atoms with Gasteiger partial charge in [0.1, 0.15) is 0 Å². The lowest BCUT2D eigenvalue weighted by atomic mass is 10.0. The van der Waals surface area contributed by atoms with Gasteiger partial charge in [-0.15, -0.1) is 0 Å². The number of aliphatic hydroxyl groups is 8. The largest absolute Gasteiger partial charge is 0.390 e. The highest BCUT2D eigenvalue weighted by atomic mass is 16.7. The minimum absolute atomic E-state index is 0.222. The second kappa shape index (κ2) is 13.3. The lowest BCUT2D eigenvalue weighted by Gasteiger charge is -2.11. The van der Waals surface area contributed by atoms with E-state index in [1.54, 1.807) is 0 Å². The normalized spacial score (nSPS) is 53.4. The summed E-state index contributed by atoms with van der Waals surface area (Å²) in [5.41, 5.74) is 0. The van der Waals surface area contributed by atoms with Crippen molar-refractivity contribution in [2.75, 3.05) is 52.9 Å². The first-order valence-electron chi connectivity index (χ1n) is 13.5. The van der Waals surface area contributed by atoms with Gasteiger partial charge in [0.05, 0.1) is 125 Å². The molecular weight excluding hydrogens is 544 g/mol. The van der Waals surface area contributed by atoms with Crippen LogP contribution in [0.2, 0.25) is 0 Å². The van der Waals surface area contributed by atoms with Gasteiger partial charge in [0, 0.05) is 0 Å². The first-order valence-corrected chi connectivity index (χ1v) is 13.5. The quantitative estimate of drug-likeness (QED) is 0.133. The maximum atomic E-state index is 9.20. The Kier molecular flexibility index (Phi) is 10.3. The van der Waals surface area contributed by atoms with Crippen molar-refractivity contribution in [3.8, 4) is 0 Å². The van der Waals surface area contributed by atoms with E-state index in [4.69, 9.17) is 37.9 Å². The molecule has 8 aliphatic rings. The van der Waals surface area contributed by atoms with Gasteiger partial charge >= 0.3 is 0 Å². The van der Waals surface area contributed by atoms with E-state index in [1.165, 1.54) is 0 Å². The van der Waals surface area contributed by atoms with Gasteiger partial charge in [-0.25, -0.2) is 0 Å². The second-order valence-electron chi connectivity index (χ2n) is 11.0. The van der Waals surface area contributed by atoms with Gasteiger partial charge in [0.2, 0.25) is 0 Å². The number of aliphatic hydroxyl groups excluding tert-OH is 8. The van der Waals surface area contributed by atoms with Crippen LogP contribution in [0.3, 0.4) is 0 Å². The molecule has 0 aromatic heterocycles. The predicted octanol–water partition coefficient (Wildman–Crippen LogP) is -5.16. The molecule has 0 saturated carbocycles. The van der Waals surface area contributed by atoms with E-state index >= 15 is 0 Å². The van der Waals surface area contributed by atoms with Crippen LogP contribution in [0.1, 0.15) is 0 Å². The first-order chi connectivity index (χ1) is 19.2. The Morgan fingerprint density at radius 1 is 0.250 bits per heavy atom. The molecular formula is C24H40O16. The lowest BCUT2D eigenvalue weighted by Crippen LogP contribution is -2.29. The molecule has 8 fully saturated rings. The highest BCUT2D eigenvalue weighted by Gasteiger charge is 2.49. The topological polar surface area (TPSA) is 236 Å². The Balaban J connectivity index is 0.000000108. The fraction of sp³-hybridized carbons (Fsp3) is 1.00. The fourth-order valence-electron chi connectivity index (χ4n) is 5.99. The van der Waals surface area contributed by atoms with E-state index in [0.29, 0.717) is 0 Å². The SMILES string of the molecule is O[C@@H]1COC2OC[C@@H](O)C21.O[C@@H]1COC2OC[C@H](O)C21.O[C@@H]1COC2OC[C@H](O)C21.O[C@H]1COC2OC[C@H](O)C21. The third-order valence-corrected chi connectivity index (χ3v) is 8.26. The molecule has 8 rings (SSSR count). The van der Waals surface area contributed by atoms with Crippen LogP contribution in [0.5, 0.6) is 0 Å². The number of hydrogen-bond acceptors (Lipinski definition) is 16. The maximum absolute atomic E-state index is 9.20. The maximum Gasteiger partial charge on any atom is 0.165 e. The van der Waals surface area contributed by atoms with Crippen LogP contribution in [0.4, 0.5) is 0 Å². The van der Waals surface area contributed by atoms with Crippen molar-refractivity contribution >= 4 is 0 Å². The highest BCUT2D eigenvalue weighted by Crippen LogP contribution is 2.33. The molecule has 16 nitrogen and oxygen atoms in total. The van der Waals surface area contributed by atoms with Crippen LogP contribution in [0.15, 0.2) is 0 Å². The van der Waals surface area contributed by atoms with Gasteiger partial charge in [0.25, 0.3) is 0 Å². The fourth-order valence-corrected chi connectivity index (χ4v) is 5.99. The molecule has 0 spiro atoms. The summed E-state index contributed by atoms with van der Waals surface area (Å²) >= 11 is 0. The Bertz CT molecular complexity index is 623. The summed E-state index contributed by atoms with van der Waals surface area (Å²) < 4.78 is 40.2. The van der Waals surface area contributed by atoms with Crippen LogP contribution in [0.25, 0.3) is 0 Å². The van der Waals surface area contributed by atoms with Crippen molar-refractivity contribution in [3.05, 3.63) is 0 Å². The summed E-state index contributed by atoms with van der Waals surface area (Å²) in [4.78, 5) is 0. The van der Waals surface area contributed by atoms with E-state index in [0.717, 1.165) is 0 Å². The Hall–Kier alpha value is -0.640. The van der Waals surface area contributed by atoms with E-state index in [2.05, 4.69) is 0 Å². The van der Waals surface area contributed by atoms with Crippen molar-refractivity contribution in [2.24, 2.45) is 23.7 Å². The van der Waals surface area contributed by atoms with E-state index in [9.17, 15) is 40.9 Å². The summed E-state index contributed by atoms with van der Waals surface area (Å²) in [6, 6.07) is 0. The molecule has 0 amide bonds. The van der Waals surface area contributed by atoms with Gasteiger partial charge < -0.3 is 78.7 Å². The van der Waals surface area contributed by atoms with Crippen LogP contribution in [0, 0.1) is 23.7 Å². The summed E-state index contributed by atoms with van der Waals surface area (Å²) in [5, 5.41) is 73.6. The molecule has 40 heavy (non-hydrogen) atoms. The van der Waals surface area contributed by atoms with Gasteiger partial charge in [-0.3, -0.25) is 0 Å². The molecule has 0 aromatic carbocycles. The van der Waals surface area contributed by atoms with Gasteiger partial charge in [-0.1, -0.05) is 0 Å². The lowest BCUT2D eigenvalue weighted by molar-refractivity contribution is -0.0912. The first kappa shape index (κ1) is 30.8. The van der Waals surface area contributed by atoms with Crippen LogP contribution < -0.4 is 0 Å². The molecule has 12 atom stereocenters. The molecule has 4 unspecified atom stereocenters. The van der Waals surface area contributed by atoms with E-state index < -0.39 is 48.8 Å². The zero-order valence-electron chi connectivity index (χ0n) is 21.7. The van der Waals surface area contributed by atoms with Crippen molar-refractivity contribution in [3.63, 3.8) is 0 Å². The second-order valence-corrected chi connectivity index (χ2v) is 11.0. The molecule has 8 N–H and O–H groups in total. The van der Waals surface area contributed by atoms with Gasteiger partial charge in [0.15, 0.2) is 25.2 Å². The average Bonchev–Trinajstić information content (AvgIpc) is 3.76. The summed E-state index contributed by atoms with van der Waals surface area (Å²) in [7, 11) is 0. The summed E-state index contributed by atoms with van der Waals surface area (Å²) in [6.07, 6.45) is -5.91. The minimum atomic E-state index is -0.553. The van der Waals surface area contributed by atoms with Crippen LogP contribution >= 0.6 is 0 Å². The average molecular weight is 585 g/mol. The molecule has 232 valence electrons. The monoisotopic (exact) mass is 584 g/mol. The summed E-state index contributed by atoms with van der Waals surface area (Å²) in [5.74, 6) is -0.889. The molecule has 0 aromatic rings. The zero-order valence-corrected chi connectivity index (χ0v) is 21.7. The zero-order chi connectivity index (χ0) is 28.6. The van der Waals surface area contributed by atoms with Crippen LogP contribution in [-0.4, -0.2) is 168 Å².